The third kappa shape index (κ3) is 3.51. The molecule has 2 aromatic carbocycles. The first-order chi connectivity index (χ1) is 12.5. The Bertz CT molecular complexity index is 865. The average Bonchev–Trinajstić information content (AvgIpc) is 2.63. The minimum atomic E-state index is -0.537. The lowest BCUT2D eigenvalue weighted by molar-refractivity contribution is -0.120. The van der Waals surface area contributed by atoms with Gasteiger partial charge in [0.25, 0.3) is 5.91 Å². The molecule has 134 valence electrons. The van der Waals surface area contributed by atoms with E-state index in [0.29, 0.717) is 16.8 Å². The van der Waals surface area contributed by atoms with E-state index in [1.807, 2.05) is 0 Å². The molecule has 1 aliphatic rings. The van der Waals surface area contributed by atoms with Gasteiger partial charge < -0.3 is 10.0 Å². The number of aromatic hydroxyl groups is 1. The zero-order chi connectivity index (χ0) is 18.7. The van der Waals surface area contributed by atoms with Crippen LogP contribution in [0.5, 0.6) is 5.75 Å². The summed E-state index contributed by atoms with van der Waals surface area (Å²) in [6.45, 7) is 0.447. The molecule has 3 rings (SSSR count). The van der Waals surface area contributed by atoms with E-state index in [1.54, 1.807) is 55.6 Å². The molecule has 1 saturated heterocycles. The van der Waals surface area contributed by atoms with Gasteiger partial charge in [0.15, 0.2) is 0 Å². The summed E-state index contributed by atoms with van der Waals surface area (Å²) < 4.78 is 0. The largest absolute Gasteiger partial charge is 0.508 e. The van der Waals surface area contributed by atoms with Crippen LogP contribution in [0.15, 0.2) is 48.5 Å². The van der Waals surface area contributed by atoms with E-state index in [-0.39, 0.29) is 37.1 Å². The minimum absolute atomic E-state index is 0.120. The van der Waals surface area contributed by atoms with Crippen LogP contribution in [0, 0.1) is 0 Å². The van der Waals surface area contributed by atoms with Crippen LogP contribution >= 0.6 is 0 Å². The second-order valence-corrected chi connectivity index (χ2v) is 6.06. The second-order valence-electron chi connectivity index (χ2n) is 6.06. The molecule has 0 saturated carbocycles. The van der Waals surface area contributed by atoms with Crippen LogP contribution in [0.3, 0.4) is 0 Å². The van der Waals surface area contributed by atoms with Crippen LogP contribution in [-0.4, -0.2) is 41.4 Å². The number of nitrogens with zero attached hydrogens (tertiary/aromatic N) is 2. The summed E-state index contributed by atoms with van der Waals surface area (Å²) in [5.41, 5.74) is 1.43. The molecule has 0 radical (unpaired) electrons. The van der Waals surface area contributed by atoms with E-state index in [1.165, 1.54) is 9.80 Å². The standard InChI is InChI=1S/C19H19N3O4/c1-21(12-13-6-2-5-9-16(13)23)18(25)14-7-3-4-8-15(14)22-11-10-17(24)20-19(22)26/h2-9,23H,10-12H2,1H3,(H,20,24,26). The lowest BCUT2D eigenvalue weighted by Crippen LogP contribution is -2.50. The van der Waals surface area contributed by atoms with E-state index < -0.39 is 6.03 Å². The molecule has 0 aliphatic carbocycles. The molecule has 7 heteroatoms. The van der Waals surface area contributed by atoms with Crippen LogP contribution in [-0.2, 0) is 11.3 Å². The Hall–Kier alpha value is -3.35. The molecule has 7 nitrogen and oxygen atoms in total. The summed E-state index contributed by atoms with van der Waals surface area (Å²) >= 11 is 0. The van der Waals surface area contributed by atoms with Crippen molar-refractivity contribution in [1.29, 1.82) is 0 Å². The maximum Gasteiger partial charge on any atom is 0.328 e. The molecule has 1 fully saturated rings. The van der Waals surface area contributed by atoms with Crippen molar-refractivity contribution < 1.29 is 19.5 Å². The Morgan fingerprint density at radius 1 is 1.15 bits per heavy atom. The fraction of sp³-hybridized carbons (Fsp3) is 0.211. The first kappa shape index (κ1) is 17.5. The van der Waals surface area contributed by atoms with Crippen molar-refractivity contribution in [3.63, 3.8) is 0 Å². The number of urea groups is 1. The highest BCUT2D eigenvalue weighted by Crippen LogP contribution is 2.25. The lowest BCUT2D eigenvalue weighted by Gasteiger charge is -2.29. The van der Waals surface area contributed by atoms with Gasteiger partial charge in [-0.3, -0.25) is 19.8 Å². The number of rotatable bonds is 4. The number of amides is 4. The van der Waals surface area contributed by atoms with Gasteiger partial charge in [0.1, 0.15) is 5.75 Å². The molecule has 0 atom stereocenters. The highest BCUT2D eigenvalue weighted by atomic mass is 16.3. The molecule has 0 bridgehead atoms. The van der Waals surface area contributed by atoms with Crippen molar-refractivity contribution in [3.8, 4) is 5.75 Å². The predicted molar refractivity (Wildman–Crippen MR) is 95.8 cm³/mol. The number of hydrogen-bond acceptors (Lipinski definition) is 4. The van der Waals surface area contributed by atoms with E-state index in [9.17, 15) is 19.5 Å². The Morgan fingerprint density at radius 3 is 2.58 bits per heavy atom. The van der Waals surface area contributed by atoms with Gasteiger partial charge in [-0.2, -0.15) is 0 Å². The minimum Gasteiger partial charge on any atom is -0.508 e. The number of benzene rings is 2. The van der Waals surface area contributed by atoms with E-state index in [2.05, 4.69) is 5.32 Å². The Kier molecular flexibility index (Phi) is 4.88. The highest BCUT2D eigenvalue weighted by molar-refractivity contribution is 6.09. The molecular formula is C19H19N3O4. The second kappa shape index (κ2) is 7.26. The molecule has 26 heavy (non-hydrogen) atoms. The van der Waals surface area contributed by atoms with Crippen LogP contribution in [0.25, 0.3) is 0 Å². The molecule has 0 aromatic heterocycles. The smallest absolute Gasteiger partial charge is 0.328 e. The normalized spacial score (nSPS) is 14.1. The zero-order valence-electron chi connectivity index (χ0n) is 14.3. The number of anilines is 1. The number of imide groups is 1. The van der Waals surface area contributed by atoms with Crippen molar-refractivity contribution >= 4 is 23.5 Å². The quantitative estimate of drug-likeness (QED) is 0.881. The first-order valence-electron chi connectivity index (χ1n) is 8.20. The summed E-state index contributed by atoms with van der Waals surface area (Å²) in [4.78, 5) is 39.3. The molecule has 0 spiro atoms. The maximum absolute atomic E-state index is 12.9. The average molecular weight is 353 g/mol. The predicted octanol–water partition coefficient (Wildman–Crippen LogP) is 2.11. The summed E-state index contributed by atoms with van der Waals surface area (Å²) in [5, 5.41) is 12.2. The fourth-order valence-electron chi connectivity index (χ4n) is 2.86. The molecule has 2 aromatic rings. The maximum atomic E-state index is 12.9. The molecule has 0 unspecified atom stereocenters. The van der Waals surface area contributed by atoms with Gasteiger partial charge in [-0.1, -0.05) is 30.3 Å². The van der Waals surface area contributed by atoms with Crippen LogP contribution in [0.2, 0.25) is 0 Å². The van der Waals surface area contributed by atoms with Gasteiger partial charge in [0.2, 0.25) is 5.91 Å². The van der Waals surface area contributed by atoms with Crippen molar-refractivity contribution in [3.05, 3.63) is 59.7 Å². The number of phenols is 1. The van der Waals surface area contributed by atoms with E-state index >= 15 is 0 Å². The Labute approximate surface area is 150 Å². The van der Waals surface area contributed by atoms with Gasteiger partial charge >= 0.3 is 6.03 Å². The van der Waals surface area contributed by atoms with Crippen molar-refractivity contribution in [1.82, 2.24) is 10.2 Å². The van der Waals surface area contributed by atoms with Gasteiger partial charge in [0, 0.05) is 32.1 Å². The summed E-state index contributed by atoms with van der Waals surface area (Å²) in [7, 11) is 1.63. The number of hydrogen-bond donors (Lipinski definition) is 2. The van der Waals surface area contributed by atoms with Crippen molar-refractivity contribution in [2.45, 2.75) is 13.0 Å². The van der Waals surface area contributed by atoms with Crippen LogP contribution < -0.4 is 10.2 Å². The third-order valence-corrected chi connectivity index (χ3v) is 4.23. The molecular weight excluding hydrogens is 334 g/mol. The number of para-hydroxylation sites is 2. The summed E-state index contributed by atoms with van der Waals surface area (Å²) in [6.07, 6.45) is 0.183. The number of phenolic OH excluding ortho intramolecular Hbond substituents is 1. The Morgan fingerprint density at radius 2 is 1.85 bits per heavy atom. The van der Waals surface area contributed by atoms with Gasteiger partial charge in [-0.25, -0.2) is 4.79 Å². The summed E-state index contributed by atoms with van der Waals surface area (Å²) in [6, 6.07) is 13.0. The van der Waals surface area contributed by atoms with E-state index in [4.69, 9.17) is 0 Å². The van der Waals surface area contributed by atoms with Gasteiger partial charge in [-0.05, 0) is 18.2 Å². The van der Waals surface area contributed by atoms with E-state index in [0.717, 1.165) is 0 Å². The van der Waals surface area contributed by atoms with Gasteiger partial charge in [0.05, 0.1) is 11.3 Å². The number of nitrogens with one attached hydrogen (secondary N) is 1. The SMILES string of the molecule is CN(Cc1ccccc1O)C(=O)c1ccccc1N1CCC(=O)NC1=O. The lowest BCUT2D eigenvalue weighted by atomic mass is 10.1. The molecule has 4 amide bonds. The van der Waals surface area contributed by atoms with Crippen LogP contribution in [0.1, 0.15) is 22.3 Å². The zero-order valence-corrected chi connectivity index (χ0v) is 14.3. The Balaban J connectivity index is 1.85. The van der Waals surface area contributed by atoms with Gasteiger partial charge in [-0.15, -0.1) is 0 Å². The number of carbonyl (C=O) groups is 3. The van der Waals surface area contributed by atoms with Crippen molar-refractivity contribution in [2.75, 3.05) is 18.5 Å². The number of carbonyl (C=O) groups excluding carboxylic acids is 3. The van der Waals surface area contributed by atoms with Crippen molar-refractivity contribution in [2.24, 2.45) is 0 Å². The highest BCUT2D eigenvalue weighted by Gasteiger charge is 2.28. The molecule has 1 heterocycles. The topological polar surface area (TPSA) is 89.9 Å². The monoisotopic (exact) mass is 353 g/mol. The third-order valence-electron chi connectivity index (χ3n) is 4.23. The van der Waals surface area contributed by atoms with Crippen LogP contribution in [0.4, 0.5) is 10.5 Å². The fourth-order valence-corrected chi connectivity index (χ4v) is 2.86. The molecule has 1 aliphatic heterocycles. The molecule has 2 N–H and O–H groups in total. The first-order valence-corrected chi connectivity index (χ1v) is 8.20. The summed E-state index contributed by atoms with van der Waals surface area (Å²) in [5.74, 6) is -0.491.